The third-order valence-electron chi connectivity index (χ3n) is 3.63. The summed E-state index contributed by atoms with van der Waals surface area (Å²) in [5, 5.41) is 17.1. The van der Waals surface area contributed by atoms with Crippen molar-refractivity contribution in [2.75, 3.05) is 6.61 Å². The van der Waals surface area contributed by atoms with E-state index in [1.807, 2.05) is 6.08 Å². The molecule has 0 fully saturated rings. The van der Waals surface area contributed by atoms with Crippen LogP contribution < -0.4 is 0 Å². The molecule has 0 aromatic rings. The molecule has 0 aliphatic heterocycles. The Morgan fingerprint density at radius 2 is 0.895 bits per heavy atom. The number of hydrogen-bond donors (Lipinski definition) is 2. The summed E-state index contributed by atoms with van der Waals surface area (Å²) in [5.74, 6) is 0. The third-order valence-corrected chi connectivity index (χ3v) is 3.63. The van der Waals surface area contributed by atoms with E-state index in [2.05, 4.69) is 0 Å². The lowest BCUT2D eigenvalue weighted by Crippen LogP contribution is -1.85. The highest BCUT2D eigenvalue weighted by Gasteiger charge is 1.93. The maximum atomic E-state index is 8.66. The van der Waals surface area contributed by atoms with Crippen LogP contribution in [0.15, 0.2) is 12.3 Å². The first kappa shape index (κ1) is 18.5. The highest BCUT2D eigenvalue weighted by Crippen LogP contribution is 2.12. The minimum Gasteiger partial charge on any atom is -0.516 e. The molecule has 0 rings (SSSR count). The standard InChI is InChI=1S/C17H34O2/c18-16-14-12-10-8-6-4-2-1-3-5-7-9-11-13-15-17-19/h14,16,18-19H,1-13,15,17H2. The van der Waals surface area contributed by atoms with Crippen LogP contribution in [-0.2, 0) is 0 Å². The molecule has 2 N–H and O–H groups in total. The molecule has 0 aliphatic rings. The highest BCUT2D eigenvalue weighted by atomic mass is 16.3. The first-order chi connectivity index (χ1) is 9.41. The zero-order valence-corrected chi connectivity index (χ0v) is 12.7. The van der Waals surface area contributed by atoms with Crippen molar-refractivity contribution < 1.29 is 10.2 Å². The van der Waals surface area contributed by atoms with Crippen LogP contribution in [0.5, 0.6) is 0 Å². The van der Waals surface area contributed by atoms with Gasteiger partial charge in [-0.25, -0.2) is 0 Å². The number of rotatable bonds is 15. The summed E-state index contributed by atoms with van der Waals surface area (Å²) in [7, 11) is 0. The molecule has 0 amide bonds. The van der Waals surface area contributed by atoms with E-state index in [0.29, 0.717) is 6.61 Å². The van der Waals surface area contributed by atoms with Crippen LogP contribution in [0, 0.1) is 0 Å². The van der Waals surface area contributed by atoms with E-state index in [1.165, 1.54) is 77.0 Å². The van der Waals surface area contributed by atoms with Crippen LogP contribution in [-0.4, -0.2) is 16.8 Å². The normalized spacial score (nSPS) is 11.4. The summed E-state index contributed by atoms with van der Waals surface area (Å²) in [6.07, 6.45) is 21.0. The second-order valence-electron chi connectivity index (χ2n) is 5.49. The van der Waals surface area contributed by atoms with E-state index >= 15 is 0 Å². The van der Waals surface area contributed by atoms with Crippen LogP contribution in [0.1, 0.15) is 89.9 Å². The lowest BCUT2D eigenvalue weighted by molar-refractivity contribution is 0.282. The second-order valence-corrected chi connectivity index (χ2v) is 5.49. The average Bonchev–Trinajstić information content (AvgIpc) is 2.43. The second kappa shape index (κ2) is 17.5. The van der Waals surface area contributed by atoms with Crippen LogP contribution in [0.3, 0.4) is 0 Å². The molecular weight excluding hydrogens is 236 g/mol. The van der Waals surface area contributed by atoms with E-state index in [-0.39, 0.29) is 0 Å². The fourth-order valence-electron chi connectivity index (χ4n) is 2.39. The molecule has 0 saturated heterocycles. The minimum atomic E-state index is 0.357. The molecule has 0 aliphatic carbocycles. The number of unbranched alkanes of at least 4 members (excludes halogenated alkanes) is 13. The first-order valence-electron chi connectivity index (χ1n) is 8.32. The fourth-order valence-corrected chi connectivity index (χ4v) is 2.39. The van der Waals surface area contributed by atoms with Gasteiger partial charge in [0, 0.05) is 6.61 Å². The Labute approximate surface area is 119 Å². The van der Waals surface area contributed by atoms with Crippen molar-refractivity contribution in [3.8, 4) is 0 Å². The van der Waals surface area contributed by atoms with Gasteiger partial charge in [0.15, 0.2) is 0 Å². The number of aliphatic hydroxyl groups is 2. The van der Waals surface area contributed by atoms with Gasteiger partial charge in [-0.05, 0) is 19.3 Å². The molecule has 0 heterocycles. The lowest BCUT2D eigenvalue weighted by Gasteiger charge is -2.02. The average molecular weight is 270 g/mol. The van der Waals surface area contributed by atoms with Crippen LogP contribution in [0.2, 0.25) is 0 Å². The van der Waals surface area contributed by atoms with Gasteiger partial charge < -0.3 is 10.2 Å². The van der Waals surface area contributed by atoms with Gasteiger partial charge in [0.05, 0.1) is 6.26 Å². The van der Waals surface area contributed by atoms with E-state index in [1.54, 1.807) is 0 Å². The molecule has 0 atom stereocenters. The first-order valence-corrected chi connectivity index (χ1v) is 8.32. The van der Waals surface area contributed by atoms with Gasteiger partial charge in [0.1, 0.15) is 0 Å². The van der Waals surface area contributed by atoms with Gasteiger partial charge in [0.2, 0.25) is 0 Å². The SMILES string of the molecule is OC=CCCCCCCCCCCCCCCCO. The van der Waals surface area contributed by atoms with Crippen molar-refractivity contribution >= 4 is 0 Å². The van der Waals surface area contributed by atoms with E-state index in [0.717, 1.165) is 19.1 Å². The van der Waals surface area contributed by atoms with E-state index < -0.39 is 0 Å². The Hall–Kier alpha value is -0.500. The van der Waals surface area contributed by atoms with Crippen LogP contribution in [0.25, 0.3) is 0 Å². The Morgan fingerprint density at radius 1 is 0.526 bits per heavy atom. The van der Waals surface area contributed by atoms with Crippen molar-refractivity contribution in [2.24, 2.45) is 0 Å². The van der Waals surface area contributed by atoms with Crippen molar-refractivity contribution in [2.45, 2.75) is 89.9 Å². The van der Waals surface area contributed by atoms with Gasteiger partial charge in [-0.1, -0.05) is 76.7 Å². The molecule has 19 heavy (non-hydrogen) atoms. The molecular formula is C17H34O2. The summed E-state index contributed by atoms with van der Waals surface area (Å²) in [6, 6.07) is 0. The van der Waals surface area contributed by atoms with Gasteiger partial charge in [0.25, 0.3) is 0 Å². The third kappa shape index (κ3) is 17.5. The quantitative estimate of drug-likeness (QED) is 0.304. The molecule has 0 aromatic heterocycles. The van der Waals surface area contributed by atoms with E-state index in [4.69, 9.17) is 10.2 Å². The zero-order valence-electron chi connectivity index (χ0n) is 12.7. The Bertz CT molecular complexity index is 178. The number of hydrogen-bond acceptors (Lipinski definition) is 2. The van der Waals surface area contributed by atoms with Gasteiger partial charge in [-0.3, -0.25) is 0 Å². The highest BCUT2D eigenvalue weighted by molar-refractivity contribution is 4.70. The predicted molar refractivity (Wildman–Crippen MR) is 83.5 cm³/mol. The maximum Gasteiger partial charge on any atom is 0.0751 e. The largest absolute Gasteiger partial charge is 0.516 e. The smallest absolute Gasteiger partial charge is 0.0751 e. The summed E-state index contributed by atoms with van der Waals surface area (Å²) in [6.45, 7) is 0.357. The number of aliphatic hydroxyl groups excluding tert-OH is 2. The van der Waals surface area contributed by atoms with Gasteiger partial charge in [-0.2, -0.15) is 0 Å². The van der Waals surface area contributed by atoms with E-state index in [9.17, 15) is 0 Å². The molecule has 0 saturated carbocycles. The predicted octanol–water partition coefficient (Wildman–Crippen LogP) is 5.51. The summed E-state index contributed by atoms with van der Waals surface area (Å²) in [5.41, 5.74) is 0. The van der Waals surface area contributed by atoms with Crippen molar-refractivity contribution in [3.63, 3.8) is 0 Å². The molecule has 114 valence electrons. The molecule has 0 radical (unpaired) electrons. The topological polar surface area (TPSA) is 40.5 Å². The Morgan fingerprint density at radius 3 is 1.26 bits per heavy atom. The minimum absolute atomic E-state index is 0.357. The summed E-state index contributed by atoms with van der Waals surface area (Å²) >= 11 is 0. The zero-order chi connectivity index (χ0) is 14.0. The molecule has 0 spiro atoms. The van der Waals surface area contributed by atoms with Gasteiger partial charge in [-0.15, -0.1) is 0 Å². The fraction of sp³-hybridized carbons (Fsp3) is 0.882. The summed E-state index contributed by atoms with van der Waals surface area (Å²) in [4.78, 5) is 0. The molecule has 2 nitrogen and oxygen atoms in total. The van der Waals surface area contributed by atoms with Crippen LogP contribution in [0.4, 0.5) is 0 Å². The monoisotopic (exact) mass is 270 g/mol. The molecule has 0 unspecified atom stereocenters. The Balaban J connectivity index is 2.91. The summed E-state index contributed by atoms with van der Waals surface area (Å²) < 4.78 is 0. The van der Waals surface area contributed by atoms with Crippen molar-refractivity contribution in [1.82, 2.24) is 0 Å². The Kier molecular flexibility index (Phi) is 17.0. The lowest BCUT2D eigenvalue weighted by atomic mass is 10.0. The molecule has 0 aromatic carbocycles. The number of allylic oxidation sites excluding steroid dienone is 1. The van der Waals surface area contributed by atoms with Crippen LogP contribution >= 0.6 is 0 Å². The van der Waals surface area contributed by atoms with Crippen molar-refractivity contribution in [3.05, 3.63) is 12.3 Å². The molecule has 2 heteroatoms. The molecule has 0 bridgehead atoms. The van der Waals surface area contributed by atoms with Crippen molar-refractivity contribution in [1.29, 1.82) is 0 Å². The van der Waals surface area contributed by atoms with Gasteiger partial charge >= 0.3 is 0 Å². The maximum absolute atomic E-state index is 8.66.